The number of hydrogen-bond acceptors (Lipinski definition) is 5. The number of anilines is 1. The van der Waals surface area contributed by atoms with Crippen LogP contribution in [0.15, 0.2) is 23.1 Å². The molecule has 112 valence electrons. The van der Waals surface area contributed by atoms with Crippen LogP contribution in [0.3, 0.4) is 0 Å². The monoisotopic (exact) mass is 306 g/mol. The van der Waals surface area contributed by atoms with Crippen LogP contribution in [0.5, 0.6) is 0 Å². The molecule has 3 N–H and O–H groups in total. The number of nitrogens with zero attached hydrogens (tertiary/aromatic N) is 2. The summed E-state index contributed by atoms with van der Waals surface area (Å²) in [6, 6.07) is 6.08. The molecule has 0 radical (unpaired) electrons. The van der Waals surface area contributed by atoms with E-state index in [-0.39, 0.29) is 6.10 Å². The van der Waals surface area contributed by atoms with E-state index in [0.717, 1.165) is 23.2 Å². The zero-order valence-electron chi connectivity index (χ0n) is 11.8. The maximum Gasteiger partial charge on any atom is 0.417 e. The van der Waals surface area contributed by atoms with E-state index in [0.29, 0.717) is 19.0 Å². The second kappa shape index (κ2) is 5.95. The highest BCUT2D eigenvalue weighted by Gasteiger charge is 2.33. The van der Waals surface area contributed by atoms with Crippen LogP contribution in [0.2, 0.25) is 0 Å². The minimum Gasteiger partial charge on any atom is -0.443 e. The summed E-state index contributed by atoms with van der Waals surface area (Å²) in [5.41, 5.74) is 7.31. The largest absolute Gasteiger partial charge is 0.443 e. The quantitative estimate of drug-likeness (QED) is 0.828. The van der Waals surface area contributed by atoms with Gasteiger partial charge < -0.3 is 15.5 Å². The normalized spacial score (nSPS) is 18.5. The number of aromatic nitrogens is 2. The lowest BCUT2D eigenvalue weighted by Crippen LogP contribution is -2.28. The summed E-state index contributed by atoms with van der Waals surface area (Å²) in [5.74, 6) is 1.60. The Labute approximate surface area is 127 Å². The van der Waals surface area contributed by atoms with Crippen molar-refractivity contribution >= 4 is 34.8 Å². The maximum atomic E-state index is 11.8. The Morgan fingerprint density at radius 3 is 3.14 bits per heavy atom. The zero-order chi connectivity index (χ0) is 14.8. The van der Waals surface area contributed by atoms with E-state index < -0.39 is 6.09 Å². The van der Waals surface area contributed by atoms with Crippen molar-refractivity contribution < 1.29 is 9.53 Å². The lowest BCUT2D eigenvalue weighted by Gasteiger charge is -2.07. The van der Waals surface area contributed by atoms with E-state index in [1.54, 1.807) is 0 Å². The molecule has 3 rings (SSSR count). The van der Waals surface area contributed by atoms with E-state index in [9.17, 15) is 4.79 Å². The summed E-state index contributed by atoms with van der Waals surface area (Å²) in [4.78, 5) is 22.2. The number of aromatic amines is 1. The van der Waals surface area contributed by atoms with Crippen LogP contribution in [-0.4, -0.2) is 41.0 Å². The van der Waals surface area contributed by atoms with Gasteiger partial charge in [-0.25, -0.2) is 14.7 Å². The second-order valence-electron chi connectivity index (χ2n) is 4.94. The van der Waals surface area contributed by atoms with E-state index in [4.69, 9.17) is 10.5 Å². The summed E-state index contributed by atoms with van der Waals surface area (Å²) in [7, 11) is 0. The van der Waals surface area contributed by atoms with Gasteiger partial charge in [0.15, 0.2) is 0 Å². The average Bonchev–Trinajstić information content (AvgIpc) is 3.07. The molecule has 1 aliphatic heterocycles. The van der Waals surface area contributed by atoms with Crippen molar-refractivity contribution in [2.75, 3.05) is 23.7 Å². The third kappa shape index (κ3) is 2.84. The van der Waals surface area contributed by atoms with Crippen molar-refractivity contribution in [2.45, 2.75) is 24.3 Å². The minimum atomic E-state index is -0.398. The topological polar surface area (TPSA) is 84.2 Å². The standard InChI is InChI=1S/C14H18N4O2S/c1-2-5-21-10-3-4-11-12(6-10)17-13(16-11)18-8-9(7-15)20-14(18)19/h3-4,6,9H,2,5,7-8,15H2,1H3,(H,16,17)/t9-/m0/s1. The van der Waals surface area contributed by atoms with Crippen molar-refractivity contribution in [3.8, 4) is 0 Å². The first-order valence-corrected chi connectivity index (χ1v) is 8.00. The molecule has 1 fully saturated rings. The highest BCUT2D eigenvalue weighted by atomic mass is 32.2. The summed E-state index contributed by atoms with van der Waals surface area (Å²) in [6.45, 7) is 2.92. The number of amides is 1. The first kappa shape index (κ1) is 14.2. The van der Waals surface area contributed by atoms with Gasteiger partial charge in [-0.3, -0.25) is 0 Å². The number of imidazole rings is 1. The van der Waals surface area contributed by atoms with Crippen LogP contribution in [0.25, 0.3) is 11.0 Å². The molecule has 0 aliphatic carbocycles. The van der Waals surface area contributed by atoms with Gasteiger partial charge in [0.25, 0.3) is 0 Å². The predicted molar refractivity (Wildman–Crippen MR) is 83.8 cm³/mol. The maximum absolute atomic E-state index is 11.8. The van der Waals surface area contributed by atoms with Crippen LogP contribution < -0.4 is 10.6 Å². The molecule has 21 heavy (non-hydrogen) atoms. The zero-order valence-corrected chi connectivity index (χ0v) is 12.7. The first-order chi connectivity index (χ1) is 10.2. The van der Waals surface area contributed by atoms with Gasteiger partial charge in [-0.15, -0.1) is 11.8 Å². The van der Waals surface area contributed by atoms with Crippen molar-refractivity contribution in [2.24, 2.45) is 5.73 Å². The Kier molecular flexibility index (Phi) is 4.03. The Hall–Kier alpha value is -1.73. The van der Waals surface area contributed by atoms with Crippen LogP contribution in [0, 0.1) is 0 Å². The molecule has 1 aromatic heterocycles. The molecule has 1 aromatic carbocycles. The smallest absolute Gasteiger partial charge is 0.417 e. The van der Waals surface area contributed by atoms with Crippen LogP contribution in [-0.2, 0) is 4.74 Å². The van der Waals surface area contributed by atoms with E-state index >= 15 is 0 Å². The first-order valence-electron chi connectivity index (χ1n) is 7.02. The fourth-order valence-electron chi connectivity index (χ4n) is 2.23. The third-order valence-electron chi connectivity index (χ3n) is 3.31. The lowest BCUT2D eigenvalue weighted by molar-refractivity contribution is 0.145. The number of benzene rings is 1. The minimum absolute atomic E-state index is 0.263. The van der Waals surface area contributed by atoms with Gasteiger partial charge >= 0.3 is 6.09 Å². The van der Waals surface area contributed by atoms with Crippen molar-refractivity contribution in [3.63, 3.8) is 0 Å². The van der Waals surface area contributed by atoms with Crippen molar-refractivity contribution in [1.29, 1.82) is 0 Å². The number of ether oxygens (including phenoxy) is 1. The fraction of sp³-hybridized carbons (Fsp3) is 0.429. The van der Waals surface area contributed by atoms with Crippen LogP contribution >= 0.6 is 11.8 Å². The Morgan fingerprint density at radius 1 is 1.57 bits per heavy atom. The molecular weight excluding hydrogens is 288 g/mol. The van der Waals surface area contributed by atoms with Gasteiger partial charge in [0.1, 0.15) is 6.10 Å². The molecule has 0 spiro atoms. The number of fused-ring (bicyclic) bond motifs is 1. The summed E-state index contributed by atoms with van der Waals surface area (Å²) in [5, 5.41) is 0. The Bertz CT molecular complexity index is 657. The van der Waals surface area contributed by atoms with E-state index in [2.05, 4.69) is 29.0 Å². The molecule has 1 saturated heterocycles. The van der Waals surface area contributed by atoms with E-state index in [1.807, 2.05) is 17.8 Å². The number of carbonyl (C=O) groups is 1. The van der Waals surface area contributed by atoms with Crippen molar-refractivity contribution in [3.05, 3.63) is 18.2 Å². The molecule has 2 aromatic rings. The molecule has 7 heteroatoms. The molecule has 1 aliphatic rings. The number of rotatable bonds is 5. The molecule has 0 bridgehead atoms. The van der Waals surface area contributed by atoms with Gasteiger partial charge in [0.2, 0.25) is 5.95 Å². The van der Waals surface area contributed by atoms with Crippen molar-refractivity contribution in [1.82, 2.24) is 9.97 Å². The Morgan fingerprint density at radius 2 is 2.43 bits per heavy atom. The lowest BCUT2D eigenvalue weighted by atomic mass is 10.3. The molecular formula is C14H18N4O2S. The summed E-state index contributed by atoms with van der Waals surface area (Å²) in [6.07, 6.45) is 0.475. The molecule has 0 unspecified atom stereocenters. The summed E-state index contributed by atoms with van der Waals surface area (Å²) < 4.78 is 5.15. The van der Waals surface area contributed by atoms with Gasteiger partial charge in [-0.1, -0.05) is 6.92 Å². The molecule has 1 amide bonds. The highest BCUT2D eigenvalue weighted by Crippen LogP contribution is 2.26. The number of H-pyrrole nitrogens is 1. The van der Waals surface area contributed by atoms with Gasteiger partial charge in [-0.2, -0.15) is 0 Å². The molecule has 0 saturated carbocycles. The number of nitrogens with one attached hydrogen (secondary N) is 1. The average molecular weight is 306 g/mol. The number of nitrogens with two attached hydrogens (primary N) is 1. The second-order valence-corrected chi connectivity index (χ2v) is 6.11. The molecule has 1 atom stereocenters. The number of cyclic esters (lactones) is 1. The van der Waals surface area contributed by atoms with Crippen LogP contribution in [0.1, 0.15) is 13.3 Å². The molecule has 6 nitrogen and oxygen atoms in total. The number of thioether (sulfide) groups is 1. The fourth-order valence-corrected chi connectivity index (χ4v) is 3.04. The third-order valence-corrected chi connectivity index (χ3v) is 4.51. The molecule has 2 heterocycles. The Balaban J connectivity index is 1.85. The SMILES string of the molecule is CCCSc1ccc2nc(N3C[C@H](CN)OC3=O)[nH]c2c1. The number of hydrogen-bond donors (Lipinski definition) is 2. The predicted octanol–water partition coefficient (Wildman–Crippen LogP) is 2.35. The van der Waals surface area contributed by atoms with Gasteiger partial charge in [0.05, 0.1) is 17.6 Å². The van der Waals surface area contributed by atoms with Gasteiger partial charge in [0, 0.05) is 11.4 Å². The van der Waals surface area contributed by atoms with Gasteiger partial charge in [-0.05, 0) is 30.4 Å². The summed E-state index contributed by atoms with van der Waals surface area (Å²) >= 11 is 1.81. The van der Waals surface area contributed by atoms with Crippen LogP contribution in [0.4, 0.5) is 10.7 Å². The number of carbonyl (C=O) groups excluding carboxylic acids is 1. The van der Waals surface area contributed by atoms with E-state index in [1.165, 1.54) is 9.80 Å². The highest BCUT2D eigenvalue weighted by molar-refractivity contribution is 7.99.